The summed E-state index contributed by atoms with van der Waals surface area (Å²) in [6.07, 6.45) is 0. The molecule has 1 aromatic rings. The molecule has 0 aromatic heterocycles. The molecule has 7 heteroatoms. The van der Waals surface area contributed by atoms with Crippen molar-refractivity contribution in [2.45, 2.75) is 5.37 Å². The fourth-order valence-corrected chi connectivity index (χ4v) is 3.22. The summed E-state index contributed by atoms with van der Waals surface area (Å²) in [7, 11) is 0. The Bertz CT molecular complexity index is 563. The highest BCUT2D eigenvalue weighted by molar-refractivity contribution is 8.15. The number of piperazine rings is 1. The average molecular weight is 291 g/mol. The van der Waals surface area contributed by atoms with Crippen LogP contribution in [0.4, 0.5) is 10.5 Å². The molecule has 0 saturated carbocycles. The zero-order chi connectivity index (χ0) is 14.1. The number of amides is 3. The number of benzene rings is 1. The standard InChI is InChI=1S/C13H13N3O3S/c17-10-8-15(9-4-2-1-3-5-9)6-7-16(10)12-11(18)14-13(19)20-12/h1-5,12H,6-8H2,(H,14,18,19). The van der Waals surface area contributed by atoms with Crippen LogP contribution in [0.2, 0.25) is 0 Å². The molecule has 2 fully saturated rings. The first kappa shape index (κ1) is 13.0. The summed E-state index contributed by atoms with van der Waals surface area (Å²) in [5, 5.41) is 1.10. The fourth-order valence-electron chi connectivity index (χ4n) is 2.35. The van der Waals surface area contributed by atoms with Crippen molar-refractivity contribution in [2.24, 2.45) is 0 Å². The van der Waals surface area contributed by atoms with Gasteiger partial charge in [0.15, 0.2) is 5.37 Å². The van der Waals surface area contributed by atoms with Crippen LogP contribution < -0.4 is 10.2 Å². The number of nitrogens with zero attached hydrogens (tertiary/aromatic N) is 2. The van der Waals surface area contributed by atoms with Crippen molar-refractivity contribution in [3.8, 4) is 0 Å². The predicted molar refractivity (Wildman–Crippen MR) is 75.3 cm³/mol. The summed E-state index contributed by atoms with van der Waals surface area (Å²) in [5.41, 5.74) is 0.986. The van der Waals surface area contributed by atoms with E-state index >= 15 is 0 Å². The molecule has 2 aliphatic heterocycles. The van der Waals surface area contributed by atoms with Crippen molar-refractivity contribution in [2.75, 3.05) is 24.5 Å². The van der Waals surface area contributed by atoms with Crippen LogP contribution in [0.15, 0.2) is 30.3 Å². The number of rotatable bonds is 2. The Balaban J connectivity index is 1.70. The van der Waals surface area contributed by atoms with Crippen LogP contribution in [-0.4, -0.2) is 47.0 Å². The number of nitrogens with one attached hydrogen (secondary N) is 1. The minimum Gasteiger partial charge on any atom is -0.360 e. The van der Waals surface area contributed by atoms with E-state index in [1.807, 2.05) is 35.2 Å². The maximum absolute atomic E-state index is 12.2. The molecule has 20 heavy (non-hydrogen) atoms. The first-order valence-electron chi connectivity index (χ1n) is 6.26. The lowest BCUT2D eigenvalue weighted by molar-refractivity contribution is -0.136. The predicted octanol–water partition coefficient (Wildman–Crippen LogP) is 0.644. The number of imide groups is 1. The van der Waals surface area contributed by atoms with E-state index in [4.69, 9.17) is 0 Å². The van der Waals surface area contributed by atoms with Crippen LogP contribution >= 0.6 is 11.8 Å². The van der Waals surface area contributed by atoms with Crippen molar-refractivity contribution in [3.05, 3.63) is 30.3 Å². The van der Waals surface area contributed by atoms with Gasteiger partial charge in [0.05, 0.1) is 6.54 Å². The van der Waals surface area contributed by atoms with E-state index in [-0.39, 0.29) is 12.5 Å². The van der Waals surface area contributed by atoms with E-state index in [1.54, 1.807) is 0 Å². The summed E-state index contributed by atoms with van der Waals surface area (Å²) < 4.78 is 0. The molecule has 1 unspecified atom stereocenters. The van der Waals surface area contributed by atoms with Gasteiger partial charge >= 0.3 is 0 Å². The summed E-state index contributed by atoms with van der Waals surface area (Å²) in [6, 6.07) is 9.66. The quantitative estimate of drug-likeness (QED) is 0.866. The molecule has 6 nitrogen and oxygen atoms in total. The Labute approximate surface area is 120 Å². The molecule has 0 radical (unpaired) electrons. The van der Waals surface area contributed by atoms with E-state index in [9.17, 15) is 14.4 Å². The van der Waals surface area contributed by atoms with Gasteiger partial charge in [-0.15, -0.1) is 0 Å². The van der Waals surface area contributed by atoms with Crippen molar-refractivity contribution in [1.82, 2.24) is 10.2 Å². The normalized spacial score (nSPS) is 23.2. The van der Waals surface area contributed by atoms with Gasteiger partial charge in [0.1, 0.15) is 0 Å². The maximum Gasteiger partial charge on any atom is 0.288 e. The van der Waals surface area contributed by atoms with Gasteiger partial charge in [0.2, 0.25) is 5.91 Å². The third-order valence-corrected chi connectivity index (χ3v) is 4.34. The zero-order valence-electron chi connectivity index (χ0n) is 10.6. The largest absolute Gasteiger partial charge is 0.360 e. The van der Waals surface area contributed by atoms with Gasteiger partial charge in [-0.3, -0.25) is 19.7 Å². The Morgan fingerprint density at radius 1 is 1.10 bits per heavy atom. The number of anilines is 1. The molecule has 2 aliphatic rings. The number of hydrogen-bond acceptors (Lipinski definition) is 5. The summed E-state index contributed by atoms with van der Waals surface area (Å²) >= 11 is 0.868. The summed E-state index contributed by atoms with van der Waals surface area (Å²) in [5.74, 6) is -0.538. The highest BCUT2D eigenvalue weighted by Crippen LogP contribution is 2.25. The molecule has 0 bridgehead atoms. The number of carbonyl (C=O) groups excluding carboxylic acids is 3. The molecule has 3 amide bonds. The Morgan fingerprint density at radius 3 is 2.45 bits per heavy atom. The van der Waals surface area contributed by atoms with Crippen LogP contribution in [0, 0.1) is 0 Å². The smallest absolute Gasteiger partial charge is 0.288 e. The van der Waals surface area contributed by atoms with Gasteiger partial charge in [0.25, 0.3) is 11.1 Å². The van der Waals surface area contributed by atoms with Crippen LogP contribution in [-0.2, 0) is 9.59 Å². The topological polar surface area (TPSA) is 69.7 Å². The van der Waals surface area contributed by atoms with Crippen molar-refractivity contribution in [3.63, 3.8) is 0 Å². The van der Waals surface area contributed by atoms with E-state index < -0.39 is 16.5 Å². The van der Waals surface area contributed by atoms with Gasteiger partial charge in [-0.05, 0) is 23.9 Å². The fraction of sp³-hybridized carbons (Fsp3) is 0.308. The van der Waals surface area contributed by atoms with Crippen LogP contribution in [0.3, 0.4) is 0 Å². The lowest BCUT2D eigenvalue weighted by Gasteiger charge is -2.37. The van der Waals surface area contributed by atoms with Crippen molar-refractivity contribution in [1.29, 1.82) is 0 Å². The second-order valence-corrected chi connectivity index (χ2v) is 5.64. The Kier molecular flexibility index (Phi) is 3.35. The minimum atomic E-state index is -0.715. The first-order chi connectivity index (χ1) is 9.65. The zero-order valence-corrected chi connectivity index (χ0v) is 11.4. The Hall–Kier alpha value is -2.02. The number of para-hydroxylation sites is 1. The molecule has 0 aliphatic carbocycles. The lowest BCUT2D eigenvalue weighted by Crippen LogP contribution is -2.55. The molecule has 2 heterocycles. The SMILES string of the molecule is O=C1NC(=O)C(N2CCN(c3ccccc3)CC2=O)S1. The number of thioether (sulfide) groups is 1. The minimum absolute atomic E-state index is 0.137. The monoisotopic (exact) mass is 291 g/mol. The second-order valence-electron chi connectivity index (χ2n) is 4.59. The number of hydrogen-bond donors (Lipinski definition) is 1. The average Bonchev–Trinajstić information content (AvgIpc) is 2.78. The highest BCUT2D eigenvalue weighted by atomic mass is 32.2. The van der Waals surface area contributed by atoms with Crippen molar-refractivity contribution < 1.29 is 14.4 Å². The van der Waals surface area contributed by atoms with Crippen molar-refractivity contribution >= 4 is 34.5 Å². The summed E-state index contributed by atoms with van der Waals surface area (Å²) in [4.78, 5) is 38.4. The summed E-state index contributed by atoms with van der Waals surface area (Å²) in [6.45, 7) is 1.31. The molecule has 0 spiro atoms. The van der Waals surface area contributed by atoms with E-state index in [2.05, 4.69) is 5.32 Å². The second kappa shape index (κ2) is 5.16. The van der Waals surface area contributed by atoms with Gasteiger partial charge in [0, 0.05) is 18.8 Å². The van der Waals surface area contributed by atoms with Crippen LogP contribution in [0.1, 0.15) is 0 Å². The molecule has 104 valence electrons. The van der Waals surface area contributed by atoms with E-state index in [1.165, 1.54) is 4.90 Å². The Morgan fingerprint density at radius 2 is 1.85 bits per heavy atom. The van der Waals surface area contributed by atoms with Gasteiger partial charge in [-0.25, -0.2) is 0 Å². The van der Waals surface area contributed by atoms with Gasteiger partial charge in [-0.1, -0.05) is 18.2 Å². The lowest BCUT2D eigenvalue weighted by atomic mass is 10.2. The van der Waals surface area contributed by atoms with E-state index in [0.29, 0.717) is 13.1 Å². The third kappa shape index (κ3) is 2.36. The van der Waals surface area contributed by atoms with Gasteiger partial charge < -0.3 is 9.80 Å². The van der Waals surface area contributed by atoms with Crippen LogP contribution in [0.5, 0.6) is 0 Å². The molecule has 1 N–H and O–H groups in total. The van der Waals surface area contributed by atoms with E-state index in [0.717, 1.165) is 17.4 Å². The van der Waals surface area contributed by atoms with Gasteiger partial charge in [-0.2, -0.15) is 0 Å². The molecular weight excluding hydrogens is 278 g/mol. The molecule has 3 rings (SSSR count). The molecule has 2 saturated heterocycles. The number of carbonyl (C=O) groups is 3. The molecule has 1 aromatic carbocycles. The maximum atomic E-state index is 12.2. The highest BCUT2D eigenvalue weighted by Gasteiger charge is 2.40. The molecule has 1 atom stereocenters. The molecular formula is C13H13N3O3S. The third-order valence-electron chi connectivity index (χ3n) is 3.33. The first-order valence-corrected chi connectivity index (χ1v) is 7.14. The van der Waals surface area contributed by atoms with Crippen LogP contribution in [0.25, 0.3) is 0 Å².